The van der Waals surface area contributed by atoms with Gasteiger partial charge in [0.25, 0.3) is 0 Å². The molecule has 0 amide bonds. The lowest BCUT2D eigenvalue weighted by molar-refractivity contribution is 0.256. The van der Waals surface area contributed by atoms with Crippen LogP contribution in [-0.2, 0) is 14.6 Å². The molecule has 0 aliphatic carbocycles. The van der Waals surface area contributed by atoms with Crippen LogP contribution in [0.4, 0.5) is 0 Å². The molecule has 11 heavy (non-hydrogen) atoms. The molecule has 0 unspecified atom stereocenters. The standard InChI is InChI=1S/C4H11NO5S/c6-3-1-5-2-4-10-11(7,8)9/h5-6H,1-4H2,(H,7,8,9). The summed E-state index contributed by atoms with van der Waals surface area (Å²) in [4.78, 5) is 0. The van der Waals surface area contributed by atoms with Crippen molar-refractivity contribution < 1.29 is 22.3 Å². The van der Waals surface area contributed by atoms with Crippen LogP contribution < -0.4 is 5.32 Å². The zero-order valence-corrected chi connectivity index (χ0v) is 6.67. The van der Waals surface area contributed by atoms with Crippen LogP contribution in [0.5, 0.6) is 0 Å². The minimum Gasteiger partial charge on any atom is -0.395 e. The van der Waals surface area contributed by atoms with Crippen LogP contribution >= 0.6 is 0 Å². The van der Waals surface area contributed by atoms with Gasteiger partial charge in [-0.15, -0.1) is 0 Å². The van der Waals surface area contributed by atoms with E-state index in [0.29, 0.717) is 6.54 Å². The average molecular weight is 185 g/mol. The van der Waals surface area contributed by atoms with Gasteiger partial charge in [0.1, 0.15) is 0 Å². The average Bonchev–Trinajstić information content (AvgIpc) is 1.85. The highest BCUT2D eigenvalue weighted by Gasteiger charge is 2.01. The summed E-state index contributed by atoms with van der Waals surface area (Å²) in [5.41, 5.74) is 0. The number of aliphatic hydroxyl groups is 1. The minimum atomic E-state index is -4.31. The van der Waals surface area contributed by atoms with E-state index < -0.39 is 10.4 Å². The van der Waals surface area contributed by atoms with Crippen molar-refractivity contribution in [2.45, 2.75) is 0 Å². The van der Waals surface area contributed by atoms with E-state index >= 15 is 0 Å². The van der Waals surface area contributed by atoms with Gasteiger partial charge in [-0.1, -0.05) is 0 Å². The molecular weight excluding hydrogens is 174 g/mol. The Hall–Kier alpha value is -0.210. The van der Waals surface area contributed by atoms with Crippen molar-refractivity contribution in [1.82, 2.24) is 5.32 Å². The molecule has 0 atom stereocenters. The summed E-state index contributed by atoms with van der Waals surface area (Å²) in [5.74, 6) is 0. The first-order chi connectivity index (χ1) is 5.06. The molecule has 68 valence electrons. The van der Waals surface area contributed by atoms with Crippen molar-refractivity contribution >= 4 is 10.4 Å². The monoisotopic (exact) mass is 185 g/mol. The Morgan fingerprint density at radius 3 is 2.45 bits per heavy atom. The van der Waals surface area contributed by atoms with Crippen LogP contribution in [0.15, 0.2) is 0 Å². The number of aliphatic hydroxyl groups excluding tert-OH is 1. The highest BCUT2D eigenvalue weighted by molar-refractivity contribution is 7.80. The summed E-state index contributed by atoms with van der Waals surface area (Å²) in [6, 6.07) is 0. The fourth-order valence-electron chi connectivity index (χ4n) is 0.423. The van der Waals surface area contributed by atoms with Gasteiger partial charge in [0.15, 0.2) is 0 Å². The van der Waals surface area contributed by atoms with Crippen LogP contribution in [0.25, 0.3) is 0 Å². The topological polar surface area (TPSA) is 95.9 Å². The second kappa shape index (κ2) is 5.44. The first-order valence-corrected chi connectivity index (χ1v) is 4.36. The Balaban J connectivity index is 3.16. The van der Waals surface area contributed by atoms with Crippen molar-refractivity contribution in [3.8, 4) is 0 Å². The van der Waals surface area contributed by atoms with E-state index in [1.165, 1.54) is 0 Å². The van der Waals surface area contributed by atoms with Gasteiger partial charge in [-0.2, -0.15) is 8.42 Å². The normalized spacial score (nSPS) is 11.8. The van der Waals surface area contributed by atoms with E-state index in [1.54, 1.807) is 0 Å². The fraction of sp³-hybridized carbons (Fsp3) is 1.00. The van der Waals surface area contributed by atoms with Gasteiger partial charge in [-0.25, -0.2) is 4.18 Å². The quantitative estimate of drug-likeness (QED) is 0.340. The first kappa shape index (κ1) is 10.8. The van der Waals surface area contributed by atoms with E-state index in [-0.39, 0.29) is 19.8 Å². The molecule has 0 rings (SSSR count). The van der Waals surface area contributed by atoms with Crippen LogP contribution in [0, 0.1) is 0 Å². The molecule has 0 saturated carbocycles. The maximum Gasteiger partial charge on any atom is 0.397 e. The summed E-state index contributed by atoms with van der Waals surface area (Å²) in [6.07, 6.45) is 0. The highest BCUT2D eigenvalue weighted by atomic mass is 32.3. The summed E-state index contributed by atoms with van der Waals surface area (Å²) >= 11 is 0. The van der Waals surface area contributed by atoms with Crippen molar-refractivity contribution in [3.63, 3.8) is 0 Å². The van der Waals surface area contributed by atoms with Crippen LogP contribution in [0.2, 0.25) is 0 Å². The molecule has 0 spiro atoms. The third-order valence-corrected chi connectivity index (χ3v) is 1.26. The molecular formula is C4H11NO5S. The van der Waals surface area contributed by atoms with E-state index in [2.05, 4.69) is 9.50 Å². The molecule has 0 aliphatic heterocycles. The molecule has 0 fully saturated rings. The molecule has 0 aromatic rings. The van der Waals surface area contributed by atoms with Crippen molar-refractivity contribution in [2.24, 2.45) is 0 Å². The Kier molecular flexibility index (Phi) is 5.34. The molecule has 0 aliphatic rings. The smallest absolute Gasteiger partial charge is 0.395 e. The Morgan fingerprint density at radius 1 is 1.36 bits per heavy atom. The lowest BCUT2D eigenvalue weighted by atomic mass is 10.6. The molecule has 7 heteroatoms. The number of hydrogen-bond acceptors (Lipinski definition) is 5. The van der Waals surface area contributed by atoms with Gasteiger partial charge >= 0.3 is 10.4 Å². The molecule has 3 N–H and O–H groups in total. The van der Waals surface area contributed by atoms with E-state index in [4.69, 9.17) is 9.66 Å². The van der Waals surface area contributed by atoms with Gasteiger partial charge < -0.3 is 10.4 Å². The van der Waals surface area contributed by atoms with Gasteiger partial charge in [-0.05, 0) is 0 Å². The highest BCUT2D eigenvalue weighted by Crippen LogP contribution is 1.82. The molecule has 0 aromatic carbocycles. The Labute approximate surface area is 65.1 Å². The van der Waals surface area contributed by atoms with Gasteiger partial charge in [-0.3, -0.25) is 4.55 Å². The zero-order valence-electron chi connectivity index (χ0n) is 5.86. The minimum absolute atomic E-state index is 0.0219. The third kappa shape index (κ3) is 9.79. The number of rotatable bonds is 6. The molecule has 0 bridgehead atoms. The van der Waals surface area contributed by atoms with Crippen molar-refractivity contribution in [1.29, 1.82) is 0 Å². The van der Waals surface area contributed by atoms with Gasteiger partial charge in [0.2, 0.25) is 0 Å². The van der Waals surface area contributed by atoms with Gasteiger partial charge in [0.05, 0.1) is 13.2 Å². The zero-order chi connectivity index (χ0) is 8.74. The summed E-state index contributed by atoms with van der Waals surface area (Å²) < 4.78 is 31.8. The van der Waals surface area contributed by atoms with E-state index in [1.807, 2.05) is 0 Å². The lowest BCUT2D eigenvalue weighted by Crippen LogP contribution is -2.24. The van der Waals surface area contributed by atoms with Crippen molar-refractivity contribution in [2.75, 3.05) is 26.3 Å². The van der Waals surface area contributed by atoms with E-state index in [9.17, 15) is 8.42 Å². The molecule has 0 heterocycles. The predicted molar refractivity (Wildman–Crippen MR) is 37.5 cm³/mol. The lowest BCUT2D eigenvalue weighted by Gasteiger charge is -2.00. The fourth-order valence-corrected chi connectivity index (χ4v) is 0.717. The number of nitrogens with one attached hydrogen (secondary N) is 1. The summed E-state index contributed by atoms with van der Waals surface area (Å²) in [7, 11) is -4.31. The molecule has 0 saturated heterocycles. The largest absolute Gasteiger partial charge is 0.397 e. The predicted octanol–water partition coefficient (Wildman–Crippen LogP) is -1.61. The van der Waals surface area contributed by atoms with Gasteiger partial charge in [0, 0.05) is 13.1 Å². The molecule has 0 radical (unpaired) electrons. The SMILES string of the molecule is O=S(=O)(O)OCCNCCO. The number of hydrogen-bond donors (Lipinski definition) is 3. The second-order valence-corrected chi connectivity index (χ2v) is 2.81. The van der Waals surface area contributed by atoms with Crippen LogP contribution in [-0.4, -0.2) is 44.4 Å². The Bertz CT molecular complexity index is 177. The van der Waals surface area contributed by atoms with Crippen molar-refractivity contribution in [3.05, 3.63) is 0 Å². The first-order valence-electron chi connectivity index (χ1n) is 2.99. The third-order valence-electron chi connectivity index (χ3n) is 0.800. The van der Waals surface area contributed by atoms with Crippen LogP contribution in [0.1, 0.15) is 0 Å². The second-order valence-electron chi connectivity index (χ2n) is 1.72. The summed E-state index contributed by atoms with van der Waals surface area (Å²) in [6.45, 7) is 0.472. The van der Waals surface area contributed by atoms with E-state index in [0.717, 1.165) is 0 Å². The molecule has 0 aromatic heterocycles. The maximum absolute atomic E-state index is 9.92. The maximum atomic E-state index is 9.92. The summed E-state index contributed by atoms with van der Waals surface area (Å²) in [5, 5.41) is 10.9. The molecule has 6 nitrogen and oxygen atoms in total. The van der Waals surface area contributed by atoms with Crippen LogP contribution in [0.3, 0.4) is 0 Å². The Morgan fingerprint density at radius 2 is 2.00 bits per heavy atom.